The highest BCUT2D eigenvalue weighted by Crippen LogP contribution is 2.34. The van der Waals surface area contributed by atoms with Gasteiger partial charge in [-0.25, -0.2) is 0 Å². The van der Waals surface area contributed by atoms with Crippen molar-refractivity contribution in [1.29, 1.82) is 0 Å². The highest BCUT2D eigenvalue weighted by Gasteiger charge is 2.31. The van der Waals surface area contributed by atoms with Crippen LogP contribution in [0.2, 0.25) is 0 Å². The molecular formula is C17H18N2O. The number of nitrogens with zero attached hydrogens (tertiary/aromatic N) is 1. The number of anilines is 1. The Bertz CT molecular complexity index is 637. The predicted molar refractivity (Wildman–Crippen MR) is 80.8 cm³/mol. The molecule has 0 spiro atoms. The summed E-state index contributed by atoms with van der Waals surface area (Å²) in [4.78, 5) is 14.6. The van der Waals surface area contributed by atoms with E-state index in [4.69, 9.17) is 5.73 Å². The third-order valence-corrected chi connectivity index (χ3v) is 3.84. The number of carbonyl (C=O) groups excluding carboxylic acids is 1. The summed E-state index contributed by atoms with van der Waals surface area (Å²) in [5, 5.41) is 0. The minimum atomic E-state index is 0.0611. The Kier molecular flexibility index (Phi) is 3.28. The molecule has 0 saturated heterocycles. The van der Waals surface area contributed by atoms with E-state index in [-0.39, 0.29) is 11.9 Å². The van der Waals surface area contributed by atoms with Crippen molar-refractivity contribution in [3.63, 3.8) is 0 Å². The number of rotatable bonds is 2. The number of carbonyl (C=O) groups is 1. The Morgan fingerprint density at radius 1 is 1.25 bits per heavy atom. The van der Waals surface area contributed by atoms with Crippen LogP contribution in [0.25, 0.3) is 0 Å². The van der Waals surface area contributed by atoms with Gasteiger partial charge in [-0.05, 0) is 42.7 Å². The molecule has 2 aromatic carbocycles. The maximum absolute atomic E-state index is 12.7. The van der Waals surface area contributed by atoms with Crippen LogP contribution in [0.4, 0.5) is 5.69 Å². The van der Waals surface area contributed by atoms with Crippen molar-refractivity contribution in [2.45, 2.75) is 25.9 Å². The van der Waals surface area contributed by atoms with Gasteiger partial charge >= 0.3 is 0 Å². The molecule has 0 radical (unpaired) electrons. The molecule has 1 aliphatic heterocycles. The molecule has 102 valence electrons. The molecular weight excluding hydrogens is 248 g/mol. The number of hydrogen-bond donors (Lipinski definition) is 1. The number of amides is 1. The van der Waals surface area contributed by atoms with Crippen molar-refractivity contribution < 1.29 is 4.79 Å². The van der Waals surface area contributed by atoms with Gasteiger partial charge in [-0.3, -0.25) is 4.79 Å². The largest absolute Gasteiger partial charge is 0.326 e. The van der Waals surface area contributed by atoms with Crippen LogP contribution < -0.4 is 10.6 Å². The normalized spacial score (nSPS) is 17.1. The molecule has 0 saturated carbocycles. The Labute approximate surface area is 119 Å². The van der Waals surface area contributed by atoms with Crippen molar-refractivity contribution in [3.8, 4) is 0 Å². The van der Waals surface area contributed by atoms with E-state index in [1.165, 1.54) is 5.56 Å². The molecule has 3 heteroatoms. The zero-order valence-corrected chi connectivity index (χ0v) is 11.5. The summed E-state index contributed by atoms with van der Waals surface area (Å²) in [5.74, 6) is 0.0611. The Morgan fingerprint density at radius 3 is 2.70 bits per heavy atom. The molecule has 2 N–H and O–H groups in total. The minimum Gasteiger partial charge on any atom is -0.326 e. The van der Waals surface area contributed by atoms with Crippen molar-refractivity contribution in [2.24, 2.45) is 5.73 Å². The molecule has 20 heavy (non-hydrogen) atoms. The maximum atomic E-state index is 12.7. The van der Waals surface area contributed by atoms with Crippen molar-refractivity contribution >= 4 is 11.6 Å². The molecule has 3 rings (SSSR count). The molecule has 1 atom stereocenters. The minimum absolute atomic E-state index is 0.0611. The van der Waals surface area contributed by atoms with Gasteiger partial charge in [0.25, 0.3) is 5.91 Å². The van der Waals surface area contributed by atoms with E-state index in [0.717, 1.165) is 23.2 Å². The van der Waals surface area contributed by atoms with Crippen LogP contribution in [0.3, 0.4) is 0 Å². The third-order valence-electron chi connectivity index (χ3n) is 3.84. The lowest BCUT2D eigenvalue weighted by Gasteiger charge is -2.23. The van der Waals surface area contributed by atoms with Gasteiger partial charge in [0, 0.05) is 23.8 Å². The van der Waals surface area contributed by atoms with Gasteiger partial charge in [0.2, 0.25) is 0 Å². The second kappa shape index (κ2) is 5.10. The van der Waals surface area contributed by atoms with Crippen LogP contribution in [-0.4, -0.2) is 11.9 Å². The van der Waals surface area contributed by atoms with Gasteiger partial charge in [0.15, 0.2) is 0 Å². The van der Waals surface area contributed by atoms with Crippen LogP contribution in [0.5, 0.6) is 0 Å². The highest BCUT2D eigenvalue weighted by molar-refractivity contribution is 6.07. The standard InChI is InChI=1S/C17H18N2O/c1-12-9-15-8-7-13(11-18)10-16(15)19(12)17(20)14-5-3-2-4-6-14/h2-8,10,12H,9,11,18H2,1H3/t12-/m0/s1. The van der Waals surface area contributed by atoms with Gasteiger partial charge in [0.05, 0.1) is 0 Å². The maximum Gasteiger partial charge on any atom is 0.258 e. The summed E-state index contributed by atoms with van der Waals surface area (Å²) in [6.07, 6.45) is 0.902. The van der Waals surface area contributed by atoms with E-state index in [0.29, 0.717) is 6.54 Å². The molecule has 1 amide bonds. The summed E-state index contributed by atoms with van der Waals surface area (Å²) in [6.45, 7) is 2.58. The third kappa shape index (κ3) is 2.10. The first-order valence-corrected chi connectivity index (χ1v) is 6.91. The monoisotopic (exact) mass is 266 g/mol. The summed E-state index contributed by atoms with van der Waals surface area (Å²) < 4.78 is 0. The fraction of sp³-hybridized carbons (Fsp3) is 0.235. The lowest BCUT2D eigenvalue weighted by molar-refractivity contribution is 0.0981. The fourth-order valence-electron chi connectivity index (χ4n) is 2.81. The zero-order chi connectivity index (χ0) is 14.1. The first-order chi connectivity index (χ1) is 9.70. The summed E-state index contributed by atoms with van der Waals surface area (Å²) in [7, 11) is 0. The van der Waals surface area contributed by atoms with E-state index in [1.807, 2.05) is 47.4 Å². The SMILES string of the molecule is C[C@H]1Cc2ccc(CN)cc2N1C(=O)c1ccccc1. The van der Waals surface area contributed by atoms with Gasteiger partial charge in [-0.15, -0.1) is 0 Å². The Morgan fingerprint density at radius 2 is 2.00 bits per heavy atom. The second-order valence-electron chi connectivity index (χ2n) is 5.26. The quantitative estimate of drug-likeness (QED) is 0.908. The molecule has 3 nitrogen and oxygen atoms in total. The predicted octanol–water partition coefficient (Wildman–Crippen LogP) is 2.74. The first-order valence-electron chi connectivity index (χ1n) is 6.91. The highest BCUT2D eigenvalue weighted by atomic mass is 16.2. The molecule has 0 bridgehead atoms. The lowest BCUT2D eigenvalue weighted by Crippen LogP contribution is -2.35. The van der Waals surface area contributed by atoms with Gasteiger partial charge < -0.3 is 10.6 Å². The first kappa shape index (κ1) is 12.9. The van der Waals surface area contributed by atoms with Gasteiger partial charge in [-0.2, -0.15) is 0 Å². The summed E-state index contributed by atoms with van der Waals surface area (Å²) in [5.41, 5.74) is 9.72. The smallest absolute Gasteiger partial charge is 0.258 e. The molecule has 0 fully saturated rings. The van der Waals surface area contributed by atoms with E-state index in [9.17, 15) is 4.79 Å². The van der Waals surface area contributed by atoms with Crippen molar-refractivity contribution in [1.82, 2.24) is 0 Å². The Balaban J connectivity index is 2.01. The van der Waals surface area contributed by atoms with Gasteiger partial charge in [-0.1, -0.05) is 30.3 Å². The zero-order valence-electron chi connectivity index (χ0n) is 11.5. The average molecular weight is 266 g/mol. The lowest BCUT2D eigenvalue weighted by atomic mass is 10.1. The number of nitrogens with two attached hydrogens (primary N) is 1. The van der Waals surface area contributed by atoms with E-state index < -0.39 is 0 Å². The molecule has 0 unspecified atom stereocenters. The molecule has 2 aromatic rings. The van der Waals surface area contributed by atoms with Crippen molar-refractivity contribution in [2.75, 3.05) is 4.90 Å². The fourth-order valence-corrected chi connectivity index (χ4v) is 2.81. The number of fused-ring (bicyclic) bond motifs is 1. The number of hydrogen-bond acceptors (Lipinski definition) is 2. The van der Waals surface area contributed by atoms with Crippen molar-refractivity contribution in [3.05, 3.63) is 65.2 Å². The topological polar surface area (TPSA) is 46.3 Å². The van der Waals surface area contributed by atoms with Crippen LogP contribution in [0.1, 0.15) is 28.4 Å². The second-order valence-corrected chi connectivity index (χ2v) is 5.26. The Hall–Kier alpha value is -2.13. The van der Waals surface area contributed by atoms with Gasteiger partial charge in [0.1, 0.15) is 0 Å². The molecule has 1 aliphatic rings. The molecule has 1 heterocycles. The molecule has 0 aliphatic carbocycles. The summed E-state index contributed by atoms with van der Waals surface area (Å²) in [6, 6.07) is 15.8. The van der Waals surface area contributed by atoms with E-state index in [2.05, 4.69) is 13.0 Å². The number of benzene rings is 2. The van der Waals surface area contributed by atoms with Crippen LogP contribution >= 0.6 is 0 Å². The average Bonchev–Trinajstić information content (AvgIpc) is 2.82. The van der Waals surface area contributed by atoms with E-state index in [1.54, 1.807) is 0 Å². The van der Waals surface area contributed by atoms with Crippen LogP contribution in [-0.2, 0) is 13.0 Å². The van der Waals surface area contributed by atoms with E-state index >= 15 is 0 Å². The van der Waals surface area contributed by atoms with Crippen LogP contribution in [0, 0.1) is 0 Å². The van der Waals surface area contributed by atoms with Crippen LogP contribution in [0.15, 0.2) is 48.5 Å². The molecule has 0 aromatic heterocycles. The summed E-state index contributed by atoms with van der Waals surface area (Å²) >= 11 is 0.